The summed E-state index contributed by atoms with van der Waals surface area (Å²) in [5, 5.41) is 2.99. The van der Waals surface area contributed by atoms with Crippen molar-refractivity contribution in [2.75, 3.05) is 18.0 Å². The van der Waals surface area contributed by atoms with Gasteiger partial charge in [-0.15, -0.1) is 12.6 Å². The first kappa shape index (κ1) is 22.3. The van der Waals surface area contributed by atoms with E-state index in [2.05, 4.69) is 42.1 Å². The number of hydrazine groups is 1. The number of nitrogens with zero attached hydrogens (tertiary/aromatic N) is 1. The number of anilines is 1. The van der Waals surface area contributed by atoms with Crippen LogP contribution in [0.3, 0.4) is 0 Å². The SMILES string of the molecule is CCCN(CCC)c1ccc(C(=O)NCc2cccc(C(C)NN)c2)cc1S. The van der Waals surface area contributed by atoms with Gasteiger partial charge in [0, 0.05) is 36.1 Å². The lowest BCUT2D eigenvalue weighted by Crippen LogP contribution is -2.26. The first-order valence-corrected chi connectivity index (χ1v) is 10.4. The van der Waals surface area contributed by atoms with E-state index in [0.29, 0.717) is 12.1 Å². The highest BCUT2D eigenvalue weighted by Crippen LogP contribution is 2.26. The number of benzene rings is 2. The Kier molecular flexibility index (Phi) is 8.83. The van der Waals surface area contributed by atoms with E-state index in [1.54, 1.807) is 0 Å². The largest absolute Gasteiger partial charge is 0.371 e. The molecule has 28 heavy (non-hydrogen) atoms. The van der Waals surface area contributed by atoms with Crippen LogP contribution in [0, 0.1) is 0 Å². The zero-order valence-corrected chi connectivity index (χ0v) is 17.9. The zero-order valence-electron chi connectivity index (χ0n) is 17.0. The van der Waals surface area contributed by atoms with Crippen LogP contribution in [0.2, 0.25) is 0 Å². The molecule has 0 saturated heterocycles. The normalized spacial score (nSPS) is 11.9. The van der Waals surface area contributed by atoms with Crippen LogP contribution >= 0.6 is 12.6 Å². The Morgan fingerprint density at radius 3 is 2.46 bits per heavy atom. The van der Waals surface area contributed by atoms with Gasteiger partial charge in [0.15, 0.2) is 0 Å². The number of nitrogens with two attached hydrogens (primary N) is 1. The van der Waals surface area contributed by atoms with Crippen molar-refractivity contribution in [3.8, 4) is 0 Å². The van der Waals surface area contributed by atoms with Crippen LogP contribution in [0.4, 0.5) is 5.69 Å². The standard InChI is InChI=1S/C22H32N4OS/c1-4-11-26(12-5-2)20-10-9-19(14-21(20)28)22(27)24-15-17-7-6-8-18(13-17)16(3)25-23/h6-10,13-14,16,25,28H,4-5,11-12,15,23H2,1-3H3,(H,24,27). The molecule has 0 radical (unpaired) electrons. The third kappa shape index (κ3) is 5.99. The maximum atomic E-state index is 12.6. The van der Waals surface area contributed by atoms with Crippen LogP contribution < -0.4 is 21.5 Å². The second-order valence-corrected chi connectivity index (χ2v) is 7.49. The van der Waals surface area contributed by atoms with Gasteiger partial charge in [-0.2, -0.15) is 0 Å². The minimum atomic E-state index is -0.102. The molecule has 0 spiro atoms. The minimum absolute atomic E-state index is 0.0594. The minimum Gasteiger partial charge on any atom is -0.371 e. The van der Waals surface area contributed by atoms with Crippen LogP contribution in [0.5, 0.6) is 0 Å². The summed E-state index contributed by atoms with van der Waals surface area (Å²) >= 11 is 4.63. The molecule has 6 heteroatoms. The van der Waals surface area contributed by atoms with Crippen LogP contribution in [0.25, 0.3) is 0 Å². The smallest absolute Gasteiger partial charge is 0.251 e. The van der Waals surface area contributed by atoms with Crippen molar-refractivity contribution in [1.82, 2.24) is 10.7 Å². The third-order valence-corrected chi connectivity index (χ3v) is 5.08. The summed E-state index contributed by atoms with van der Waals surface area (Å²) in [5.41, 5.74) is 6.56. The first-order valence-electron chi connectivity index (χ1n) is 9.91. The van der Waals surface area contributed by atoms with Gasteiger partial charge in [0.1, 0.15) is 0 Å². The van der Waals surface area contributed by atoms with E-state index in [0.717, 1.165) is 47.6 Å². The van der Waals surface area contributed by atoms with Gasteiger partial charge in [-0.3, -0.25) is 16.1 Å². The molecule has 1 amide bonds. The number of nitrogens with one attached hydrogen (secondary N) is 2. The quantitative estimate of drug-likeness (QED) is 0.276. The summed E-state index contributed by atoms with van der Waals surface area (Å²) in [5.74, 6) is 5.41. The monoisotopic (exact) mass is 400 g/mol. The Morgan fingerprint density at radius 1 is 1.14 bits per heavy atom. The van der Waals surface area contributed by atoms with Gasteiger partial charge in [-0.1, -0.05) is 38.1 Å². The molecule has 2 aromatic carbocycles. The molecule has 152 valence electrons. The predicted octanol–water partition coefficient (Wildman–Crippen LogP) is 4.06. The number of carbonyl (C=O) groups excluding carboxylic acids is 1. The molecule has 0 fully saturated rings. The second kappa shape index (κ2) is 11.1. The Hall–Kier alpha value is -2.02. The molecule has 4 N–H and O–H groups in total. The highest BCUT2D eigenvalue weighted by molar-refractivity contribution is 7.80. The van der Waals surface area contributed by atoms with Crippen molar-refractivity contribution < 1.29 is 4.79 Å². The fourth-order valence-electron chi connectivity index (χ4n) is 3.18. The van der Waals surface area contributed by atoms with Gasteiger partial charge in [0.05, 0.1) is 5.69 Å². The molecule has 1 atom stereocenters. The van der Waals surface area contributed by atoms with Crippen molar-refractivity contribution >= 4 is 24.2 Å². The topological polar surface area (TPSA) is 70.4 Å². The van der Waals surface area contributed by atoms with Crippen LogP contribution in [0.15, 0.2) is 47.4 Å². The average molecular weight is 401 g/mol. The Bertz CT molecular complexity index is 775. The van der Waals surface area contributed by atoms with Crippen LogP contribution in [-0.4, -0.2) is 19.0 Å². The number of hydrogen-bond donors (Lipinski definition) is 4. The number of thiol groups is 1. The Balaban J connectivity index is 2.06. The van der Waals surface area contributed by atoms with Gasteiger partial charge >= 0.3 is 0 Å². The summed E-state index contributed by atoms with van der Waals surface area (Å²) in [7, 11) is 0. The molecule has 1 unspecified atom stereocenters. The van der Waals surface area contributed by atoms with E-state index >= 15 is 0 Å². The summed E-state index contributed by atoms with van der Waals surface area (Å²) in [4.78, 5) is 15.7. The van der Waals surface area contributed by atoms with Crippen LogP contribution in [-0.2, 0) is 6.54 Å². The maximum Gasteiger partial charge on any atom is 0.251 e. The van der Waals surface area contributed by atoms with Gasteiger partial charge in [-0.05, 0) is 49.1 Å². The van der Waals surface area contributed by atoms with E-state index in [1.807, 2.05) is 49.4 Å². The summed E-state index contributed by atoms with van der Waals surface area (Å²) < 4.78 is 0. The van der Waals surface area contributed by atoms with E-state index in [9.17, 15) is 4.79 Å². The molecular formula is C22H32N4OS. The lowest BCUT2D eigenvalue weighted by atomic mass is 10.1. The average Bonchev–Trinajstić information content (AvgIpc) is 2.71. The molecule has 5 nitrogen and oxygen atoms in total. The van der Waals surface area contributed by atoms with Gasteiger partial charge in [0.25, 0.3) is 5.91 Å². The maximum absolute atomic E-state index is 12.6. The summed E-state index contributed by atoms with van der Waals surface area (Å²) in [6.07, 6.45) is 2.15. The molecule has 0 aliphatic heterocycles. The highest BCUT2D eigenvalue weighted by Gasteiger charge is 2.12. The van der Waals surface area contributed by atoms with Crippen molar-refractivity contribution in [3.05, 3.63) is 59.2 Å². The van der Waals surface area contributed by atoms with Crippen molar-refractivity contribution in [1.29, 1.82) is 0 Å². The van der Waals surface area contributed by atoms with E-state index in [4.69, 9.17) is 5.84 Å². The third-order valence-electron chi connectivity index (χ3n) is 4.72. The van der Waals surface area contributed by atoms with Crippen molar-refractivity contribution in [2.24, 2.45) is 5.84 Å². The molecule has 0 aliphatic rings. The number of rotatable bonds is 10. The highest BCUT2D eigenvalue weighted by atomic mass is 32.1. The molecule has 0 saturated carbocycles. The lowest BCUT2D eigenvalue weighted by molar-refractivity contribution is 0.0950. The van der Waals surface area contributed by atoms with Gasteiger partial charge < -0.3 is 10.2 Å². The fourth-order valence-corrected chi connectivity index (χ4v) is 3.53. The first-order chi connectivity index (χ1) is 13.5. The summed E-state index contributed by atoms with van der Waals surface area (Å²) in [6, 6.07) is 13.8. The molecule has 0 aliphatic carbocycles. The summed E-state index contributed by atoms with van der Waals surface area (Å²) in [6.45, 7) is 8.77. The van der Waals surface area contributed by atoms with Crippen LogP contribution in [0.1, 0.15) is 61.1 Å². The van der Waals surface area contributed by atoms with E-state index in [1.165, 1.54) is 0 Å². The van der Waals surface area contributed by atoms with Gasteiger partial charge in [0.2, 0.25) is 0 Å². The second-order valence-electron chi connectivity index (χ2n) is 7.01. The molecule has 0 bridgehead atoms. The van der Waals surface area contributed by atoms with Gasteiger partial charge in [-0.25, -0.2) is 0 Å². The van der Waals surface area contributed by atoms with E-state index in [-0.39, 0.29) is 11.9 Å². The molecule has 2 aromatic rings. The number of carbonyl (C=O) groups is 1. The number of hydrogen-bond acceptors (Lipinski definition) is 5. The molecule has 0 heterocycles. The Morgan fingerprint density at radius 2 is 1.86 bits per heavy atom. The zero-order chi connectivity index (χ0) is 20.5. The number of amides is 1. The van der Waals surface area contributed by atoms with Crippen molar-refractivity contribution in [2.45, 2.75) is 51.1 Å². The predicted molar refractivity (Wildman–Crippen MR) is 120 cm³/mol. The molecular weight excluding hydrogens is 368 g/mol. The Labute approximate surface area is 174 Å². The van der Waals surface area contributed by atoms with E-state index < -0.39 is 0 Å². The molecule has 2 rings (SSSR count). The fraction of sp³-hybridized carbons (Fsp3) is 0.409. The lowest BCUT2D eigenvalue weighted by Gasteiger charge is -2.25. The molecule has 0 aromatic heterocycles. The van der Waals surface area contributed by atoms with Crippen molar-refractivity contribution in [3.63, 3.8) is 0 Å².